The minimum absolute atomic E-state index is 0.00137. The number of hydrogen-bond acceptors (Lipinski definition) is 4. The zero-order valence-corrected chi connectivity index (χ0v) is 17.4. The Bertz CT molecular complexity index is 1010. The quantitative estimate of drug-likeness (QED) is 0.726. The van der Waals surface area contributed by atoms with Gasteiger partial charge < -0.3 is 19.3 Å². The number of hydrogen-bond donors (Lipinski definition) is 0. The smallest absolute Gasteiger partial charge is 0.228 e. The Labute approximate surface area is 179 Å². The molecule has 0 aliphatic carbocycles. The van der Waals surface area contributed by atoms with E-state index in [4.69, 9.17) is 9.47 Å². The van der Waals surface area contributed by atoms with E-state index in [0.717, 1.165) is 30.5 Å². The maximum absolute atomic E-state index is 14.2. The number of amides is 2. The Hall–Kier alpha value is -3.16. The highest BCUT2D eigenvalue weighted by Gasteiger charge is 2.41. The zero-order valence-electron chi connectivity index (χ0n) is 17.4. The summed E-state index contributed by atoms with van der Waals surface area (Å²) in [7, 11) is 3.15. The molecule has 0 N–H and O–H groups in total. The molecule has 0 bridgehead atoms. The summed E-state index contributed by atoms with van der Waals surface area (Å²) >= 11 is 0. The van der Waals surface area contributed by atoms with Crippen LogP contribution in [0.3, 0.4) is 0 Å². The zero-order chi connectivity index (χ0) is 22.1. The number of ether oxygens (including phenoxy) is 2. The number of likely N-dealkylation sites (tertiary alicyclic amines) is 1. The third-order valence-electron chi connectivity index (χ3n) is 6.01. The summed E-state index contributed by atoms with van der Waals surface area (Å²) in [6.07, 6.45) is 1.62. The van der Waals surface area contributed by atoms with Crippen molar-refractivity contribution in [1.29, 1.82) is 0 Å². The van der Waals surface area contributed by atoms with Crippen LogP contribution < -0.4 is 14.4 Å². The molecule has 2 amide bonds. The first-order valence-electron chi connectivity index (χ1n) is 10.2. The largest absolute Gasteiger partial charge is 0.497 e. The van der Waals surface area contributed by atoms with Crippen molar-refractivity contribution >= 4 is 17.5 Å². The van der Waals surface area contributed by atoms with Gasteiger partial charge in [-0.3, -0.25) is 9.59 Å². The number of halogens is 2. The fraction of sp³-hybridized carbons (Fsp3) is 0.391. The van der Waals surface area contributed by atoms with Crippen molar-refractivity contribution in [2.75, 3.05) is 32.2 Å². The van der Waals surface area contributed by atoms with Crippen molar-refractivity contribution in [2.45, 2.75) is 25.3 Å². The van der Waals surface area contributed by atoms with Gasteiger partial charge in [0.2, 0.25) is 11.8 Å². The van der Waals surface area contributed by atoms with Crippen LogP contribution in [-0.4, -0.2) is 44.0 Å². The van der Waals surface area contributed by atoms with Crippen molar-refractivity contribution in [2.24, 2.45) is 5.92 Å². The lowest BCUT2D eigenvalue weighted by Gasteiger charge is -2.28. The van der Waals surface area contributed by atoms with E-state index < -0.39 is 17.6 Å². The third-order valence-corrected chi connectivity index (χ3v) is 6.01. The van der Waals surface area contributed by atoms with E-state index in [1.54, 1.807) is 25.2 Å². The Balaban J connectivity index is 1.55. The molecule has 2 aromatic carbocycles. The first-order valence-corrected chi connectivity index (χ1v) is 10.2. The average Bonchev–Trinajstić information content (AvgIpc) is 3.40. The molecule has 2 aliphatic rings. The lowest BCUT2D eigenvalue weighted by molar-refractivity contribution is -0.136. The van der Waals surface area contributed by atoms with Gasteiger partial charge in [0.1, 0.15) is 23.1 Å². The summed E-state index contributed by atoms with van der Waals surface area (Å²) < 4.78 is 38.2. The van der Waals surface area contributed by atoms with E-state index in [0.29, 0.717) is 18.0 Å². The fourth-order valence-corrected chi connectivity index (χ4v) is 4.49. The van der Waals surface area contributed by atoms with Crippen LogP contribution >= 0.6 is 0 Å². The third kappa shape index (κ3) is 3.94. The normalized spacial score (nSPS) is 21.0. The molecule has 2 unspecified atom stereocenters. The Morgan fingerprint density at radius 1 is 1.10 bits per heavy atom. The number of carbonyl (C=O) groups excluding carboxylic acids is 2. The molecule has 31 heavy (non-hydrogen) atoms. The Kier molecular flexibility index (Phi) is 5.80. The van der Waals surface area contributed by atoms with E-state index in [9.17, 15) is 18.4 Å². The van der Waals surface area contributed by atoms with Crippen LogP contribution in [0.4, 0.5) is 14.5 Å². The van der Waals surface area contributed by atoms with E-state index >= 15 is 0 Å². The number of methoxy groups -OCH3 is 2. The second kappa shape index (κ2) is 8.53. The van der Waals surface area contributed by atoms with Crippen LogP contribution in [0, 0.1) is 17.6 Å². The first-order chi connectivity index (χ1) is 14.9. The van der Waals surface area contributed by atoms with E-state index in [1.165, 1.54) is 11.0 Å². The summed E-state index contributed by atoms with van der Waals surface area (Å²) in [5, 5.41) is 0. The van der Waals surface area contributed by atoms with Gasteiger partial charge in [0.25, 0.3) is 0 Å². The van der Waals surface area contributed by atoms with Gasteiger partial charge in [-0.2, -0.15) is 0 Å². The van der Waals surface area contributed by atoms with Crippen LogP contribution in [0.25, 0.3) is 0 Å². The van der Waals surface area contributed by atoms with E-state index in [-0.39, 0.29) is 36.5 Å². The Morgan fingerprint density at radius 2 is 1.90 bits per heavy atom. The highest BCUT2D eigenvalue weighted by Crippen LogP contribution is 2.40. The molecule has 2 aromatic rings. The van der Waals surface area contributed by atoms with E-state index in [1.807, 2.05) is 12.1 Å². The monoisotopic (exact) mass is 430 g/mol. The van der Waals surface area contributed by atoms with Gasteiger partial charge in [-0.25, -0.2) is 8.78 Å². The molecule has 0 saturated carbocycles. The molecule has 0 spiro atoms. The minimum atomic E-state index is -0.816. The fourth-order valence-electron chi connectivity index (χ4n) is 4.49. The van der Waals surface area contributed by atoms with Crippen LogP contribution in [0.2, 0.25) is 0 Å². The summed E-state index contributed by atoms with van der Waals surface area (Å²) in [5.74, 6) is -1.30. The molecule has 2 heterocycles. The highest BCUT2D eigenvalue weighted by atomic mass is 19.1. The van der Waals surface area contributed by atoms with Crippen LogP contribution in [0.1, 0.15) is 30.9 Å². The highest BCUT2D eigenvalue weighted by molar-refractivity contribution is 6.00. The summed E-state index contributed by atoms with van der Waals surface area (Å²) in [6.45, 7) is 0.650. The minimum Gasteiger partial charge on any atom is -0.497 e. The van der Waals surface area contributed by atoms with Crippen LogP contribution in [0.5, 0.6) is 11.5 Å². The predicted molar refractivity (Wildman–Crippen MR) is 110 cm³/mol. The molecule has 0 radical (unpaired) electrons. The molecule has 0 aromatic heterocycles. The first kappa shape index (κ1) is 21.1. The van der Waals surface area contributed by atoms with Gasteiger partial charge in [-0.15, -0.1) is 0 Å². The maximum Gasteiger partial charge on any atom is 0.228 e. The van der Waals surface area contributed by atoms with Gasteiger partial charge >= 0.3 is 0 Å². The standard InChI is InChI=1S/C23H24F2N2O4/c1-30-16-6-7-17(21(12-16)31-2)19-4-3-9-26(19)23(29)14-10-22(28)27(13-14)20-8-5-15(24)11-18(20)25/h5-8,11-12,14,19H,3-4,9-10,13H2,1-2H3. The molecule has 4 rings (SSSR count). The van der Waals surface area contributed by atoms with Crippen molar-refractivity contribution in [3.8, 4) is 11.5 Å². The van der Waals surface area contributed by atoms with Gasteiger partial charge in [0, 0.05) is 37.2 Å². The topological polar surface area (TPSA) is 59.1 Å². The van der Waals surface area contributed by atoms with Gasteiger partial charge in [0.15, 0.2) is 0 Å². The molecular weight excluding hydrogens is 406 g/mol. The molecule has 2 atom stereocenters. The van der Waals surface area contributed by atoms with Crippen molar-refractivity contribution in [3.05, 3.63) is 53.6 Å². The second-order valence-corrected chi connectivity index (χ2v) is 7.80. The molecule has 2 fully saturated rings. The van der Waals surface area contributed by atoms with Crippen molar-refractivity contribution < 1.29 is 27.8 Å². The van der Waals surface area contributed by atoms with E-state index in [2.05, 4.69) is 0 Å². The summed E-state index contributed by atoms with van der Waals surface area (Å²) in [5.41, 5.74) is 0.886. The molecule has 2 aliphatic heterocycles. The lowest BCUT2D eigenvalue weighted by atomic mass is 10.0. The number of benzene rings is 2. The molecule has 6 nitrogen and oxygen atoms in total. The van der Waals surface area contributed by atoms with Crippen molar-refractivity contribution in [3.63, 3.8) is 0 Å². The van der Waals surface area contributed by atoms with Gasteiger partial charge in [-0.05, 0) is 37.1 Å². The summed E-state index contributed by atoms with van der Waals surface area (Å²) in [6, 6.07) is 8.42. The average molecular weight is 430 g/mol. The summed E-state index contributed by atoms with van der Waals surface area (Å²) in [4.78, 5) is 28.9. The number of nitrogens with zero attached hydrogens (tertiary/aromatic N) is 2. The number of carbonyl (C=O) groups is 2. The number of rotatable bonds is 5. The van der Waals surface area contributed by atoms with Crippen molar-refractivity contribution in [1.82, 2.24) is 4.90 Å². The van der Waals surface area contributed by atoms with Gasteiger partial charge in [0.05, 0.1) is 31.9 Å². The maximum atomic E-state index is 14.2. The lowest BCUT2D eigenvalue weighted by Crippen LogP contribution is -2.37. The molecule has 8 heteroatoms. The molecule has 2 saturated heterocycles. The predicted octanol–water partition coefficient (Wildman–Crippen LogP) is 3.70. The second-order valence-electron chi connectivity index (χ2n) is 7.80. The molecular formula is C23H24F2N2O4. The SMILES string of the molecule is COc1ccc(C2CCCN2C(=O)C2CC(=O)N(c3ccc(F)cc3F)C2)c(OC)c1. The molecule has 164 valence electrons. The van der Waals surface area contributed by atoms with Crippen LogP contribution in [0.15, 0.2) is 36.4 Å². The number of anilines is 1. The Morgan fingerprint density at radius 3 is 2.61 bits per heavy atom. The van der Waals surface area contributed by atoms with Gasteiger partial charge in [-0.1, -0.05) is 0 Å². The van der Waals surface area contributed by atoms with Crippen LogP contribution in [-0.2, 0) is 9.59 Å².